The van der Waals surface area contributed by atoms with Crippen molar-refractivity contribution in [1.29, 1.82) is 5.26 Å². The number of fused-ring (bicyclic) bond motifs is 10. The summed E-state index contributed by atoms with van der Waals surface area (Å²) in [7, 11) is 0. The summed E-state index contributed by atoms with van der Waals surface area (Å²) in [5, 5.41) is 18.0. The maximum Gasteiger partial charge on any atom is 0.238 e. The minimum atomic E-state index is -0.0397. The number of nitriles is 1. The second-order valence-corrected chi connectivity index (χ2v) is 19.7. The number of nitrogens with zero attached hydrogens (tertiary/aromatic N) is 7. The van der Waals surface area contributed by atoms with Crippen molar-refractivity contribution < 1.29 is 0 Å². The molecule has 12 aromatic rings. The average Bonchev–Trinajstić information content (AvgIpc) is 3.99. The van der Waals surface area contributed by atoms with Crippen LogP contribution in [0.25, 0.3) is 106 Å². The number of para-hydroxylation sites is 3. The molecule has 0 amide bonds. The molecule has 7 heteroatoms. The zero-order valence-corrected chi connectivity index (χ0v) is 38.4. The van der Waals surface area contributed by atoms with Gasteiger partial charge in [0.1, 0.15) is 6.07 Å². The highest BCUT2D eigenvalue weighted by atomic mass is 15.2. The van der Waals surface area contributed by atoms with Gasteiger partial charge in [-0.2, -0.15) is 15.2 Å². The standard InChI is InChI=1S/C60H47N7/c1-59(2,3)40-26-30-51-46(34-40)47-35-41(60(4,5)6)27-31-52(47)67(51)58-63-56(37-17-9-7-10-18-37)62-57(64-58)38-25-29-48(39(33-38)36-61)66-49-23-15-13-21-43(49)44-28-32-53-54(55(44)66)45-22-14-16-24-50(45)65(53)42-19-11-8-12-20-42/h7-35H,1-6H3. The van der Waals surface area contributed by atoms with Crippen LogP contribution in [0.3, 0.4) is 0 Å². The molecule has 0 radical (unpaired) electrons. The molecule has 0 bridgehead atoms. The van der Waals surface area contributed by atoms with Crippen molar-refractivity contribution in [3.63, 3.8) is 0 Å². The Morgan fingerprint density at radius 1 is 0.418 bits per heavy atom. The molecule has 0 spiro atoms. The normalized spacial score (nSPS) is 12.3. The quantitative estimate of drug-likeness (QED) is 0.173. The molecular weight excluding hydrogens is 819 g/mol. The second kappa shape index (κ2) is 14.8. The Balaban J connectivity index is 1.10. The molecule has 4 aromatic heterocycles. The third kappa shape index (κ3) is 6.35. The van der Waals surface area contributed by atoms with E-state index in [1.807, 2.05) is 36.4 Å². The van der Waals surface area contributed by atoms with Crippen LogP contribution in [0.4, 0.5) is 0 Å². The molecule has 7 nitrogen and oxygen atoms in total. The lowest BCUT2D eigenvalue weighted by Crippen LogP contribution is -2.10. The summed E-state index contributed by atoms with van der Waals surface area (Å²) >= 11 is 0. The Bertz CT molecular complexity index is 3930. The minimum absolute atomic E-state index is 0.0397. The van der Waals surface area contributed by atoms with Gasteiger partial charge in [0.15, 0.2) is 11.6 Å². The fraction of sp³-hybridized carbons (Fsp3) is 0.133. The van der Waals surface area contributed by atoms with Gasteiger partial charge in [-0.05, 0) is 94.8 Å². The fourth-order valence-corrected chi connectivity index (χ4v) is 10.1. The number of benzene rings is 8. The van der Waals surface area contributed by atoms with E-state index in [4.69, 9.17) is 15.0 Å². The molecule has 67 heavy (non-hydrogen) atoms. The van der Waals surface area contributed by atoms with Crippen molar-refractivity contribution in [2.24, 2.45) is 0 Å². The lowest BCUT2D eigenvalue weighted by atomic mass is 9.85. The van der Waals surface area contributed by atoms with E-state index in [1.54, 1.807) is 0 Å². The molecule has 0 fully saturated rings. The van der Waals surface area contributed by atoms with Gasteiger partial charge in [0.05, 0.1) is 44.4 Å². The number of hydrogen-bond acceptors (Lipinski definition) is 4. The Hall–Kier alpha value is -8.34. The molecule has 0 saturated heterocycles. The van der Waals surface area contributed by atoms with Crippen LogP contribution >= 0.6 is 0 Å². The summed E-state index contributed by atoms with van der Waals surface area (Å²) in [6.45, 7) is 13.5. The molecule has 0 aliphatic heterocycles. The largest absolute Gasteiger partial charge is 0.309 e. The molecule has 0 aliphatic carbocycles. The molecule has 0 saturated carbocycles. The van der Waals surface area contributed by atoms with Crippen LogP contribution in [0.2, 0.25) is 0 Å². The van der Waals surface area contributed by atoms with E-state index in [1.165, 1.54) is 11.1 Å². The molecular formula is C60H47N7. The van der Waals surface area contributed by atoms with Crippen LogP contribution in [-0.2, 0) is 10.8 Å². The van der Waals surface area contributed by atoms with Gasteiger partial charge in [-0.1, -0.05) is 145 Å². The third-order valence-corrected chi connectivity index (χ3v) is 13.5. The van der Waals surface area contributed by atoms with Gasteiger partial charge in [-0.25, -0.2) is 4.98 Å². The van der Waals surface area contributed by atoms with E-state index >= 15 is 0 Å². The van der Waals surface area contributed by atoms with Crippen LogP contribution in [0.1, 0.15) is 58.2 Å². The Morgan fingerprint density at radius 2 is 0.955 bits per heavy atom. The van der Waals surface area contributed by atoms with Gasteiger partial charge in [0.2, 0.25) is 5.95 Å². The van der Waals surface area contributed by atoms with E-state index in [0.717, 1.165) is 87.9 Å². The Morgan fingerprint density at radius 3 is 1.58 bits per heavy atom. The van der Waals surface area contributed by atoms with Crippen molar-refractivity contribution in [2.75, 3.05) is 0 Å². The first-order chi connectivity index (χ1) is 32.5. The fourth-order valence-electron chi connectivity index (χ4n) is 10.1. The van der Waals surface area contributed by atoms with E-state index in [2.05, 4.69) is 201 Å². The van der Waals surface area contributed by atoms with Gasteiger partial charge in [-0.15, -0.1) is 0 Å². The average molecular weight is 866 g/mol. The van der Waals surface area contributed by atoms with Gasteiger partial charge in [0, 0.05) is 49.1 Å². The highest BCUT2D eigenvalue weighted by Crippen LogP contribution is 2.43. The van der Waals surface area contributed by atoms with E-state index in [0.29, 0.717) is 23.2 Å². The first kappa shape index (κ1) is 40.2. The molecule has 322 valence electrons. The second-order valence-electron chi connectivity index (χ2n) is 19.7. The van der Waals surface area contributed by atoms with Crippen molar-refractivity contribution in [3.05, 3.63) is 193 Å². The predicted octanol–water partition coefficient (Wildman–Crippen LogP) is 15.0. The highest BCUT2D eigenvalue weighted by molar-refractivity contribution is 6.26. The Labute approximate surface area is 388 Å². The van der Waals surface area contributed by atoms with E-state index in [-0.39, 0.29) is 10.8 Å². The summed E-state index contributed by atoms with van der Waals surface area (Å²) in [5.41, 5.74) is 12.8. The predicted molar refractivity (Wildman–Crippen MR) is 276 cm³/mol. The monoisotopic (exact) mass is 865 g/mol. The van der Waals surface area contributed by atoms with Crippen LogP contribution in [-0.4, -0.2) is 28.7 Å². The first-order valence-corrected chi connectivity index (χ1v) is 22.9. The first-order valence-electron chi connectivity index (χ1n) is 22.9. The van der Waals surface area contributed by atoms with Gasteiger partial charge >= 0.3 is 0 Å². The van der Waals surface area contributed by atoms with Crippen LogP contribution in [0, 0.1) is 11.3 Å². The molecule has 0 atom stereocenters. The maximum atomic E-state index is 11.2. The lowest BCUT2D eigenvalue weighted by molar-refractivity contribution is 0.590. The van der Waals surface area contributed by atoms with Crippen molar-refractivity contribution in [1.82, 2.24) is 28.7 Å². The van der Waals surface area contributed by atoms with Crippen LogP contribution in [0.5, 0.6) is 0 Å². The number of rotatable bonds is 5. The van der Waals surface area contributed by atoms with Crippen LogP contribution in [0.15, 0.2) is 176 Å². The number of aromatic nitrogens is 6. The van der Waals surface area contributed by atoms with Crippen LogP contribution < -0.4 is 0 Å². The van der Waals surface area contributed by atoms with E-state index < -0.39 is 0 Å². The number of hydrogen-bond donors (Lipinski definition) is 0. The third-order valence-electron chi connectivity index (χ3n) is 13.5. The van der Waals surface area contributed by atoms with Crippen molar-refractivity contribution in [2.45, 2.75) is 52.4 Å². The summed E-state index contributed by atoms with van der Waals surface area (Å²) in [5.74, 6) is 1.54. The van der Waals surface area contributed by atoms with Gasteiger partial charge in [-0.3, -0.25) is 4.57 Å². The SMILES string of the molecule is CC(C)(C)c1ccc2c(c1)c1cc(C(C)(C)C)ccc1n2-c1nc(-c2ccccc2)nc(-c2ccc(-n3c4ccccc4c4ccc5c(c6ccccc6n5-c5ccccc5)c43)c(C#N)c2)n1. The van der Waals surface area contributed by atoms with Gasteiger partial charge < -0.3 is 9.13 Å². The zero-order chi connectivity index (χ0) is 45.8. The highest BCUT2D eigenvalue weighted by Gasteiger charge is 2.25. The summed E-state index contributed by atoms with van der Waals surface area (Å²) in [6.07, 6.45) is 0. The molecule has 0 unspecified atom stereocenters. The molecule has 8 aromatic carbocycles. The van der Waals surface area contributed by atoms with Crippen molar-refractivity contribution >= 4 is 65.4 Å². The summed E-state index contributed by atoms with van der Waals surface area (Å²) in [6, 6.07) is 64.3. The molecule has 4 heterocycles. The summed E-state index contributed by atoms with van der Waals surface area (Å²) in [4.78, 5) is 15.7. The zero-order valence-electron chi connectivity index (χ0n) is 38.4. The lowest BCUT2D eigenvalue weighted by Gasteiger charge is -2.19. The minimum Gasteiger partial charge on any atom is -0.309 e. The van der Waals surface area contributed by atoms with Crippen molar-refractivity contribution in [3.8, 4) is 46.2 Å². The molecule has 0 N–H and O–H groups in total. The maximum absolute atomic E-state index is 11.2. The Kier molecular flexibility index (Phi) is 8.91. The van der Waals surface area contributed by atoms with E-state index in [9.17, 15) is 5.26 Å². The van der Waals surface area contributed by atoms with Gasteiger partial charge in [0.25, 0.3) is 0 Å². The topological polar surface area (TPSA) is 77.2 Å². The molecule has 12 rings (SSSR count). The summed E-state index contributed by atoms with van der Waals surface area (Å²) < 4.78 is 6.80. The smallest absolute Gasteiger partial charge is 0.238 e. The molecule has 0 aliphatic rings.